The first-order valence-electron chi connectivity index (χ1n) is 7.95. The standard InChI is InChI=1S/C18H16F3N3OS/c1-2-8-25-16-9-12(6-7-22-16)15-11-26-17(24-15)23-14-5-3-4-13(10-14)18(19,20)21/h3-7,9-11H,2,8H2,1H3,(H,23,24). The third-order valence-corrected chi connectivity index (χ3v) is 4.19. The Kier molecular flexibility index (Phi) is 5.41. The van der Waals surface area contributed by atoms with Crippen LogP contribution < -0.4 is 10.1 Å². The molecular weight excluding hydrogens is 363 g/mol. The highest BCUT2D eigenvalue weighted by Gasteiger charge is 2.30. The van der Waals surface area contributed by atoms with E-state index in [0.29, 0.717) is 29.0 Å². The molecule has 3 rings (SSSR count). The summed E-state index contributed by atoms with van der Waals surface area (Å²) in [6, 6.07) is 8.62. The third kappa shape index (κ3) is 4.51. The number of aromatic nitrogens is 2. The van der Waals surface area contributed by atoms with Gasteiger partial charge in [0.1, 0.15) is 0 Å². The van der Waals surface area contributed by atoms with Gasteiger partial charge in [-0.15, -0.1) is 11.3 Å². The van der Waals surface area contributed by atoms with Crippen molar-refractivity contribution >= 4 is 22.2 Å². The maximum absolute atomic E-state index is 12.8. The maximum atomic E-state index is 12.8. The average molecular weight is 379 g/mol. The van der Waals surface area contributed by atoms with Crippen molar-refractivity contribution < 1.29 is 17.9 Å². The molecule has 8 heteroatoms. The number of alkyl halides is 3. The molecule has 26 heavy (non-hydrogen) atoms. The molecule has 0 spiro atoms. The highest BCUT2D eigenvalue weighted by Crippen LogP contribution is 2.33. The van der Waals surface area contributed by atoms with E-state index in [-0.39, 0.29) is 0 Å². The van der Waals surface area contributed by atoms with Crippen LogP contribution in [-0.2, 0) is 6.18 Å². The summed E-state index contributed by atoms with van der Waals surface area (Å²) in [4.78, 5) is 8.57. The van der Waals surface area contributed by atoms with Crippen LogP contribution in [0.3, 0.4) is 0 Å². The molecule has 4 nitrogen and oxygen atoms in total. The fourth-order valence-corrected chi connectivity index (χ4v) is 2.95. The SMILES string of the molecule is CCCOc1cc(-c2csc(Nc3cccc(C(F)(F)F)c3)n2)ccn1. The second-order valence-corrected chi connectivity index (χ2v) is 6.33. The summed E-state index contributed by atoms with van der Waals surface area (Å²) in [5.41, 5.74) is 1.17. The Bertz CT molecular complexity index is 880. The minimum absolute atomic E-state index is 0.336. The Balaban J connectivity index is 1.76. The summed E-state index contributed by atoms with van der Waals surface area (Å²) >= 11 is 1.31. The lowest BCUT2D eigenvalue weighted by Crippen LogP contribution is -2.05. The number of nitrogens with zero attached hydrogens (tertiary/aromatic N) is 2. The zero-order valence-electron chi connectivity index (χ0n) is 13.9. The fourth-order valence-electron chi connectivity index (χ4n) is 2.21. The van der Waals surface area contributed by atoms with Crippen LogP contribution in [0.2, 0.25) is 0 Å². The molecule has 0 bridgehead atoms. The highest BCUT2D eigenvalue weighted by molar-refractivity contribution is 7.14. The summed E-state index contributed by atoms with van der Waals surface area (Å²) in [6.07, 6.45) is -1.86. The van der Waals surface area contributed by atoms with Crippen molar-refractivity contribution in [1.29, 1.82) is 0 Å². The first-order valence-corrected chi connectivity index (χ1v) is 8.82. The van der Waals surface area contributed by atoms with Crippen molar-refractivity contribution in [3.8, 4) is 17.1 Å². The quantitative estimate of drug-likeness (QED) is 0.592. The Hall–Kier alpha value is -2.61. The van der Waals surface area contributed by atoms with Crippen LogP contribution in [0.5, 0.6) is 5.88 Å². The first-order chi connectivity index (χ1) is 12.5. The molecule has 1 aromatic carbocycles. The van der Waals surface area contributed by atoms with Crippen LogP contribution >= 0.6 is 11.3 Å². The Morgan fingerprint density at radius 1 is 1.19 bits per heavy atom. The van der Waals surface area contributed by atoms with Gasteiger partial charge in [0.25, 0.3) is 0 Å². The van der Waals surface area contributed by atoms with Gasteiger partial charge in [-0.3, -0.25) is 0 Å². The Morgan fingerprint density at radius 3 is 2.81 bits per heavy atom. The summed E-state index contributed by atoms with van der Waals surface area (Å²) in [7, 11) is 0. The Labute approximate surface area is 152 Å². The molecule has 0 radical (unpaired) electrons. The molecule has 0 amide bonds. The predicted octanol–water partition coefficient (Wildman–Crippen LogP) is 5.76. The molecule has 2 heterocycles. The lowest BCUT2D eigenvalue weighted by atomic mass is 10.2. The van der Waals surface area contributed by atoms with Crippen LogP contribution in [-0.4, -0.2) is 16.6 Å². The summed E-state index contributed by atoms with van der Waals surface area (Å²) in [5.74, 6) is 0.518. The molecule has 2 aromatic heterocycles. The van der Waals surface area contributed by atoms with Crippen LogP contribution in [0.1, 0.15) is 18.9 Å². The summed E-state index contributed by atoms with van der Waals surface area (Å²) in [5, 5.41) is 5.25. The largest absolute Gasteiger partial charge is 0.478 e. The minimum Gasteiger partial charge on any atom is -0.478 e. The number of anilines is 2. The molecule has 136 valence electrons. The highest BCUT2D eigenvalue weighted by atomic mass is 32.1. The van der Waals surface area contributed by atoms with E-state index in [2.05, 4.69) is 15.3 Å². The number of hydrogen-bond acceptors (Lipinski definition) is 5. The van der Waals surface area contributed by atoms with Gasteiger partial charge in [0.2, 0.25) is 5.88 Å². The first kappa shape index (κ1) is 18.2. The number of thiazole rings is 1. The van der Waals surface area contributed by atoms with Crippen LogP contribution in [0, 0.1) is 0 Å². The molecule has 0 aliphatic heterocycles. The number of ether oxygens (including phenoxy) is 1. The van der Waals surface area contributed by atoms with E-state index < -0.39 is 11.7 Å². The van der Waals surface area contributed by atoms with Crippen molar-refractivity contribution in [1.82, 2.24) is 9.97 Å². The molecule has 0 saturated carbocycles. The van der Waals surface area contributed by atoms with Crippen LogP contribution in [0.15, 0.2) is 48.0 Å². The van der Waals surface area contributed by atoms with E-state index in [1.807, 2.05) is 18.4 Å². The second-order valence-electron chi connectivity index (χ2n) is 5.47. The topological polar surface area (TPSA) is 47.0 Å². The van der Waals surface area contributed by atoms with Gasteiger partial charge < -0.3 is 10.1 Å². The van der Waals surface area contributed by atoms with E-state index in [9.17, 15) is 13.2 Å². The van der Waals surface area contributed by atoms with E-state index in [1.54, 1.807) is 18.3 Å². The summed E-state index contributed by atoms with van der Waals surface area (Å²) in [6.45, 7) is 2.59. The molecule has 3 aromatic rings. The van der Waals surface area contributed by atoms with Gasteiger partial charge >= 0.3 is 6.18 Å². The number of pyridine rings is 1. The molecule has 1 N–H and O–H groups in total. The van der Waals surface area contributed by atoms with Crippen LogP contribution in [0.25, 0.3) is 11.3 Å². The van der Waals surface area contributed by atoms with Crippen molar-refractivity contribution in [3.63, 3.8) is 0 Å². The molecule has 0 atom stereocenters. The number of hydrogen-bond donors (Lipinski definition) is 1. The molecule has 0 aliphatic rings. The van der Waals surface area contributed by atoms with Crippen molar-refractivity contribution in [2.75, 3.05) is 11.9 Å². The third-order valence-electron chi connectivity index (χ3n) is 3.43. The zero-order chi connectivity index (χ0) is 18.6. The molecule has 0 aliphatic carbocycles. The number of rotatable bonds is 6. The second kappa shape index (κ2) is 7.74. The zero-order valence-corrected chi connectivity index (χ0v) is 14.7. The lowest BCUT2D eigenvalue weighted by Gasteiger charge is -2.09. The van der Waals surface area contributed by atoms with Gasteiger partial charge in [-0.2, -0.15) is 13.2 Å². The smallest absolute Gasteiger partial charge is 0.416 e. The Morgan fingerprint density at radius 2 is 2.04 bits per heavy atom. The van der Waals surface area contributed by atoms with E-state index in [4.69, 9.17) is 4.74 Å². The average Bonchev–Trinajstić information content (AvgIpc) is 3.08. The van der Waals surface area contributed by atoms with Crippen molar-refractivity contribution in [3.05, 3.63) is 53.5 Å². The molecule has 0 unspecified atom stereocenters. The lowest BCUT2D eigenvalue weighted by molar-refractivity contribution is -0.137. The fraction of sp³-hybridized carbons (Fsp3) is 0.222. The van der Waals surface area contributed by atoms with Crippen molar-refractivity contribution in [2.45, 2.75) is 19.5 Å². The van der Waals surface area contributed by atoms with Gasteiger partial charge in [-0.1, -0.05) is 13.0 Å². The van der Waals surface area contributed by atoms with Gasteiger partial charge in [0.05, 0.1) is 17.9 Å². The predicted molar refractivity (Wildman–Crippen MR) is 95.9 cm³/mol. The minimum atomic E-state index is -4.38. The molecule has 0 saturated heterocycles. The normalized spacial score (nSPS) is 11.4. The van der Waals surface area contributed by atoms with E-state index in [1.165, 1.54) is 17.4 Å². The molecular formula is C18H16F3N3OS. The van der Waals surface area contributed by atoms with Crippen LogP contribution in [0.4, 0.5) is 24.0 Å². The van der Waals surface area contributed by atoms with Gasteiger partial charge in [-0.25, -0.2) is 9.97 Å². The van der Waals surface area contributed by atoms with E-state index in [0.717, 1.165) is 24.1 Å². The van der Waals surface area contributed by atoms with Gasteiger partial charge in [0, 0.05) is 28.9 Å². The number of halogens is 3. The molecule has 0 fully saturated rings. The number of benzene rings is 1. The van der Waals surface area contributed by atoms with Gasteiger partial charge in [0.15, 0.2) is 5.13 Å². The van der Waals surface area contributed by atoms with Crippen molar-refractivity contribution in [2.24, 2.45) is 0 Å². The summed E-state index contributed by atoms with van der Waals surface area (Å²) < 4.78 is 43.9. The maximum Gasteiger partial charge on any atom is 0.416 e. The number of nitrogens with one attached hydrogen (secondary N) is 1. The van der Waals surface area contributed by atoms with E-state index >= 15 is 0 Å². The van der Waals surface area contributed by atoms with Gasteiger partial charge in [-0.05, 0) is 30.7 Å². The monoisotopic (exact) mass is 379 g/mol.